The van der Waals surface area contributed by atoms with Crippen LogP contribution in [0.3, 0.4) is 0 Å². The number of carbonyl (C=O) groups is 1. The zero-order valence-electron chi connectivity index (χ0n) is 14.2. The second-order valence-corrected chi connectivity index (χ2v) is 12.7. The lowest BCUT2D eigenvalue weighted by atomic mass is 9.90. The maximum Gasteiger partial charge on any atom is 0.410 e. The van der Waals surface area contributed by atoms with Crippen LogP contribution in [-0.2, 0) is 4.74 Å². The van der Waals surface area contributed by atoms with Gasteiger partial charge in [0.2, 0.25) is 0 Å². The first-order valence-electron chi connectivity index (χ1n) is 7.61. The number of amides is 1. The Kier molecular flexibility index (Phi) is 5.51. The van der Waals surface area contributed by atoms with Gasteiger partial charge in [0.25, 0.3) is 0 Å². The van der Waals surface area contributed by atoms with Gasteiger partial charge in [-0.1, -0.05) is 19.6 Å². The number of piperidine rings is 1. The topological polar surface area (TPSA) is 49.8 Å². The van der Waals surface area contributed by atoms with Gasteiger partial charge < -0.3 is 14.7 Å². The monoisotopic (exact) mass is 311 g/mol. The third-order valence-electron chi connectivity index (χ3n) is 3.09. The first-order chi connectivity index (χ1) is 9.40. The predicted octanol–water partition coefficient (Wildman–Crippen LogP) is 3.02. The lowest BCUT2D eigenvalue weighted by Crippen LogP contribution is -2.51. The van der Waals surface area contributed by atoms with Crippen LogP contribution in [0.4, 0.5) is 4.79 Å². The molecule has 0 saturated carbocycles. The highest BCUT2D eigenvalue weighted by Crippen LogP contribution is 2.25. The molecule has 0 radical (unpaired) electrons. The summed E-state index contributed by atoms with van der Waals surface area (Å²) in [6, 6.07) is 0. The fourth-order valence-corrected chi connectivity index (χ4v) is 2.83. The number of likely N-dealkylation sites (tertiary alicyclic amines) is 1. The molecule has 0 spiro atoms. The number of hydrogen-bond acceptors (Lipinski definition) is 3. The van der Waals surface area contributed by atoms with Gasteiger partial charge in [0.15, 0.2) is 0 Å². The minimum Gasteiger partial charge on any atom is -0.444 e. The van der Waals surface area contributed by atoms with Gasteiger partial charge in [-0.3, -0.25) is 0 Å². The highest BCUT2D eigenvalue weighted by atomic mass is 28.3. The van der Waals surface area contributed by atoms with Crippen molar-refractivity contribution in [3.8, 4) is 11.5 Å². The smallest absolute Gasteiger partial charge is 0.410 e. The van der Waals surface area contributed by atoms with Gasteiger partial charge in [-0.05, 0) is 33.6 Å². The highest BCUT2D eigenvalue weighted by Gasteiger charge is 2.36. The average molecular weight is 311 g/mol. The Balaban J connectivity index is 2.65. The molecule has 1 fully saturated rings. The quantitative estimate of drug-likeness (QED) is 0.598. The molecule has 1 N–H and O–H groups in total. The molecule has 120 valence electrons. The molecule has 0 aromatic rings. The summed E-state index contributed by atoms with van der Waals surface area (Å²) in [4.78, 5) is 13.7. The van der Waals surface area contributed by atoms with Crippen molar-refractivity contribution in [2.45, 2.75) is 70.9 Å². The van der Waals surface area contributed by atoms with Crippen LogP contribution in [0.1, 0.15) is 40.0 Å². The summed E-state index contributed by atoms with van der Waals surface area (Å²) in [5.74, 6) is 3.13. The summed E-state index contributed by atoms with van der Waals surface area (Å²) in [6.45, 7) is 13.0. The molecule has 1 saturated heterocycles. The van der Waals surface area contributed by atoms with Crippen LogP contribution < -0.4 is 0 Å². The number of aliphatic hydroxyl groups is 1. The number of ether oxygens (including phenoxy) is 1. The number of hydrogen-bond donors (Lipinski definition) is 1. The van der Waals surface area contributed by atoms with Gasteiger partial charge in [-0.25, -0.2) is 4.79 Å². The summed E-state index contributed by atoms with van der Waals surface area (Å²) in [5, 5.41) is 10.6. The SMILES string of the molecule is CC(C)(C)OC(=O)N1CCCC(O)(CC#C[Si](C)(C)C)C1. The van der Waals surface area contributed by atoms with E-state index in [1.54, 1.807) is 4.90 Å². The fraction of sp³-hybridized carbons (Fsp3) is 0.812. The largest absolute Gasteiger partial charge is 0.444 e. The van der Waals surface area contributed by atoms with Crippen molar-refractivity contribution in [2.75, 3.05) is 13.1 Å². The molecule has 1 rings (SSSR count). The number of carbonyl (C=O) groups excluding carboxylic acids is 1. The standard InChI is InChI=1S/C16H29NO3Si/c1-15(2,3)20-14(18)17-11-7-9-16(19,13-17)10-8-12-21(4,5)6/h19H,7,9-11,13H2,1-6H3. The first-order valence-corrected chi connectivity index (χ1v) is 11.1. The number of rotatable bonds is 1. The summed E-state index contributed by atoms with van der Waals surface area (Å²) in [6.07, 6.45) is 1.55. The van der Waals surface area contributed by atoms with E-state index < -0.39 is 19.3 Å². The van der Waals surface area contributed by atoms with Crippen molar-refractivity contribution in [1.29, 1.82) is 0 Å². The van der Waals surface area contributed by atoms with Crippen LogP contribution >= 0.6 is 0 Å². The molecule has 0 bridgehead atoms. The normalized spacial score (nSPS) is 23.3. The lowest BCUT2D eigenvalue weighted by Gasteiger charge is -2.38. The van der Waals surface area contributed by atoms with Crippen molar-refractivity contribution >= 4 is 14.2 Å². The van der Waals surface area contributed by atoms with Gasteiger partial charge in [0, 0.05) is 13.0 Å². The van der Waals surface area contributed by atoms with Gasteiger partial charge >= 0.3 is 6.09 Å². The highest BCUT2D eigenvalue weighted by molar-refractivity contribution is 6.83. The molecule has 4 nitrogen and oxygen atoms in total. The molecule has 5 heteroatoms. The third kappa shape index (κ3) is 7.01. The minimum absolute atomic E-state index is 0.308. The number of β-amino-alcohol motifs (C(OH)–C–C–N with tert-alkyl or cyclic N) is 1. The van der Waals surface area contributed by atoms with Gasteiger partial charge in [-0.2, -0.15) is 0 Å². The Morgan fingerprint density at radius 2 is 2.00 bits per heavy atom. The molecular formula is C16H29NO3Si. The van der Waals surface area contributed by atoms with E-state index in [2.05, 4.69) is 31.1 Å². The summed E-state index contributed by atoms with van der Waals surface area (Å²) < 4.78 is 5.38. The van der Waals surface area contributed by atoms with Crippen molar-refractivity contribution in [2.24, 2.45) is 0 Å². The summed E-state index contributed by atoms with van der Waals surface area (Å²) >= 11 is 0. The molecule has 1 aliphatic heterocycles. The minimum atomic E-state index is -1.42. The van der Waals surface area contributed by atoms with Crippen molar-refractivity contribution in [3.63, 3.8) is 0 Å². The second kappa shape index (κ2) is 6.41. The number of nitrogens with zero attached hydrogens (tertiary/aromatic N) is 1. The molecule has 1 heterocycles. The molecule has 0 aromatic carbocycles. The van der Waals surface area contributed by atoms with Crippen molar-refractivity contribution in [3.05, 3.63) is 0 Å². The molecule has 0 aliphatic carbocycles. The Morgan fingerprint density at radius 1 is 1.38 bits per heavy atom. The van der Waals surface area contributed by atoms with E-state index in [4.69, 9.17) is 4.74 Å². The van der Waals surface area contributed by atoms with Crippen molar-refractivity contribution < 1.29 is 14.6 Å². The Morgan fingerprint density at radius 3 is 2.52 bits per heavy atom. The molecule has 0 aromatic heterocycles. The van der Waals surface area contributed by atoms with E-state index in [0.717, 1.165) is 6.42 Å². The third-order valence-corrected chi connectivity index (χ3v) is 4.01. The van der Waals surface area contributed by atoms with Gasteiger partial charge in [0.1, 0.15) is 13.7 Å². The van der Waals surface area contributed by atoms with Crippen LogP contribution in [0.5, 0.6) is 0 Å². The van der Waals surface area contributed by atoms with Crippen LogP contribution in [0.25, 0.3) is 0 Å². The molecule has 1 unspecified atom stereocenters. The van der Waals surface area contributed by atoms with E-state index in [9.17, 15) is 9.90 Å². The first kappa shape index (κ1) is 18.1. The Hall–Kier alpha value is -0.993. The van der Waals surface area contributed by atoms with Gasteiger partial charge in [-0.15, -0.1) is 11.5 Å². The maximum atomic E-state index is 12.1. The van der Waals surface area contributed by atoms with Crippen LogP contribution in [0, 0.1) is 11.5 Å². The van der Waals surface area contributed by atoms with Crippen LogP contribution in [0.15, 0.2) is 0 Å². The fourth-order valence-electron chi connectivity index (χ4n) is 2.21. The van der Waals surface area contributed by atoms with E-state index in [1.807, 2.05) is 20.8 Å². The molecule has 1 amide bonds. The molecule has 1 aliphatic rings. The van der Waals surface area contributed by atoms with E-state index >= 15 is 0 Å². The summed E-state index contributed by atoms with van der Waals surface area (Å²) in [7, 11) is -1.42. The van der Waals surface area contributed by atoms with E-state index in [-0.39, 0.29) is 6.09 Å². The Labute approximate surface area is 129 Å². The zero-order chi connectivity index (χ0) is 16.3. The molecule has 1 atom stereocenters. The lowest BCUT2D eigenvalue weighted by molar-refractivity contribution is -0.0399. The maximum absolute atomic E-state index is 12.1. The van der Waals surface area contributed by atoms with Crippen LogP contribution in [0.2, 0.25) is 19.6 Å². The average Bonchev–Trinajstić information content (AvgIpc) is 2.24. The predicted molar refractivity (Wildman–Crippen MR) is 87.7 cm³/mol. The Bertz CT molecular complexity index is 439. The van der Waals surface area contributed by atoms with E-state index in [0.29, 0.717) is 25.9 Å². The molecule has 21 heavy (non-hydrogen) atoms. The van der Waals surface area contributed by atoms with Crippen LogP contribution in [-0.4, -0.2) is 48.5 Å². The van der Waals surface area contributed by atoms with E-state index in [1.165, 1.54) is 0 Å². The summed E-state index contributed by atoms with van der Waals surface area (Å²) in [5.41, 5.74) is 1.86. The second-order valence-electron chi connectivity index (χ2n) is 7.96. The molecular weight excluding hydrogens is 282 g/mol. The van der Waals surface area contributed by atoms with Gasteiger partial charge in [0.05, 0.1) is 12.1 Å². The zero-order valence-corrected chi connectivity index (χ0v) is 15.2. The van der Waals surface area contributed by atoms with Crippen molar-refractivity contribution in [1.82, 2.24) is 4.90 Å².